The summed E-state index contributed by atoms with van der Waals surface area (Å²) < 4.78 is 18.5. The van der Waals surface area contributed by atoms with Gasteiger partial charge in [-0.15, -0.1) is 0 Å². The van der Waals surface area contributed by atoms with Crippen LogP contribution in [0.15, 0.2) is 60.9 Å². The second kappa shape index (κ2) is 6.23. The van der Waals surface area contributed by atoms with E-state index in [2.05, 4.69) is 9.97 Å². The minimum atomic E-state index is -1.00. The normalized spacial score (nSPS) is 10.3. The van der Waals surface area contributed by atoms with Gasteiger partial charge in [-0.3, -0.25) is 0 Å². The van der Waals surface area contributed by atoms with Crippen molar-refractivity contribution in [1.82, 2.24) is 9.97 Å². The maximum atomic E-state index is 13.0. The van der Waals surface area contributed by atoms with Crippen molar-refractivity contribution in [2.75, 3.05) is 0 Å². The quantitative estimate of drug-likeness (QED) is 0.794. The molecule has 0 amide bonds. The van der Waals surface area contributed by atoms with Crippen LogP contribution in [0.2, 0.25) is 0 Å². The molecule has 0 bridgehead atoms. The van der Waals surface area contributed by atoms with Crippen molar-refractivity contribution in [1.29, 1.82) is 0 Å². The third kappa shape index (κ3) is 3.49. The maximum Gasteiger partial charge on any atom is 0.335 e. The summed E-state index contributed by atoms with van der Waals surface area (Å²) in [4.78, 5) is 18.9. The number of rotatable bonds is 4. The van der Waals surface area contributed by atoms with Crippen LogP contribution < -0.4 is 4.74 Å². The lowest BCUT2D eigenvalue weighted by Gasteiger charge is -2.06. The van der Waals surface area contributed by atoms with E-state index in [4.69, 9.17) is 9.84 Å². The van der Waals surface area contributed by atoms with E-state index in [0.717, 1.165) is 5.56 Å². The van der Waals surface area contributed by atoms with E-state index in [-0.39, 0.29) is 11.4 Å². The van der Waals surface area contributed by atoms with Crippen molar-refractivity contribution in [2.24, 2.45) is 0 Å². The second-order valence-corrected chi connectivity index (χ2v) is 4.68. The molecular weight excluding hydrogens is 299 g/mol. The number of hydrogen-bond acceptors (Lipinski definition) is 4. The fourth-order valence-corrected chi connectivity index (χ4v) is 1.96. The van der Waals surface area contributed by atoms with E-state index in [1.807, 2.05) is 0 Å². The molecule has 0 spiro atoms. The summed E-state index contributed by atoms with van der Waals surface area (Å²) >= 11 is 0. The zero-order valence-electron chi connectivity index (χ0n) is 11.8. The first-order chi connectivity index (χ1) is 11.1. The Morgan fingerprint density at radius 1 is 1.00 bits per heavy atom. The van der Waals surface area contributed by atoms with Gasteiger partial charge in [-0.05, 0) is 48.5 Å². The van der Waals surface area contributed by atoms with Gasteiger partial charge in [0.1, 0.15) is 17.9 Å². The Morgan fingerprint density at radius 2 is 1.70 bits per heavy atom. The molecule has 1 heterocycles. The van der Waals surface area contributed by atoms with Crippen molar-refractivity contribution in [3.8, 4) is 22.9 Å². The van der Waals surface area contributed by atoms with Gasteiger partial charge in [0.15, 0.2) is 0 Å². The van der Waals surface area contributed by atoms with E-state index >= 15 is 0 Å². The molecule has 0 fully saturated rings. The Hall–Kier alpha value is -3.28. The van der Waals surface area contributed by atoms with Crippen molar-refractivity contribution in [3.05, 3.63) is 72.3 Å². The number of ether oxygens (including phenoxy) is 1. The predicted molar refractivity (Wildman–Crippen MR) is 80.9 cm³/mol. The minimum absolute atomic E-state index is 0.173. The summed E-state index contributed by atoms with van der Waals surface area (Å²) in [6.45, 7) is 0. The van der Waals surface area contributed by atoms with Gasteiger partial charge in [-0.25, -0.2) is 19.2 Å². The van der Waals surface area contributed by atoms with Gasteiger partial charge in [0.25, 0.3) is 0 Å². The molecule has 2 aromatic carbocycles. The fourth-order valence-electron chi connectivity index (χ4n) is 1.96. The Labute approximate surface area is 131 Å². The summed E-state index contributed by atoms with van der Waals surface area (Å²) in [6, 6.07) is 13.5. The molecule has 3 aromatic rings. The van der Waals surface area contributed by atoms with Gasteiger partial charge >= 0.3 is 5.97 Å². The van der Waals surface area contributed by atoms with Crippen LogP contribution in [0.1, 0.15) is 10.4 Å². The lowest BCUT2D eigenvalue weighted by molar-refractivity contribution is 0.0697. The molecule has 1 N–H and O–H groups in total. The van der Waals surface area contributed by atoms with Crippen molar-refractivity contribution >= 4 is 5.97 Å². The SMILES string of the molecule is O=C(O)c1ccc(Oc2cc(-c3ccc(F)cc3)ncn2)cc1. The summed E-state index contributed by atoms with van der Waals surface area (Å²) in [5.41, 5.74) is 1.50. The third-order valence-corrected chi connectivity index (χ3v) is 3.11. The van der Waals surface area contributed by atoms with Gasteiger partial charge in [-0.1, -0.05) is 0 Å². The first-order valence-electron chi connectivity index (χ1n) is 6.71. The van der Waals surface area contributed by atoms with Crippen molar-refractivity contribution in [2.45, 2.75) is 0 Å². The van der Waals surface area contributed by atoms with Gasteiger partial charge in [0, 0.05) is 11.6 Å². The smallest absolute Gasteiger partial charge is 0.335 e. The van der Waals surface area contributed by atoms with Gasteiger partial charge in [-0.2, -0.15) is 0 Å². The molecule has 1 aromatic heterocycles. The van der Waals surface area contributed by atoms with E-state index in [0.29, 0.717) is 17.3 Å². The second-order valence-electron chi connectivity index (χ2n) is 4.68. The zero-order chi connectivity index (χ0) is 16.2. The summed E-state index contributed by atoms with van der Waals surface area (Å²) in [7, 11) is 0. The summed E-state index contributed by atoms with van der Waals surface area (Å²) in [5, 5.41) is 8.86. The van der Waals surface area contributed by atoms with Crippen molar-refractivity contribution < 1.29 is 19.0 Å². The van der Waals surface area contributed by atoms with Crippen LogP contribution in [-0.2, 0) is 0 Å². The van der Waals surface area contributed by atoms with E-state index < -0.39 is 5.97 Å². The molecule has 0 atom stereocenters. The molecule has 0 aliphatic rings. The molecule has 0 unspecified atom stereocenters. The average molecular weight is 310 g/mol. The highest BCUT2D eigenvalue weighted by atomic mass is 19.1. The standard InChI is InChI=1S/C17H11FN2O3/c18-13-5-1-11(2-6-13)15-9-16(20-10-19-15)23-14-7-3-12(4-8-14)17(21)22/h1-10H,(H,21,22). The van der Waals surface area contributed by atoms with Gasteiger partial charge < -0.3 is 9.84 Å². The summed E-state index contributed by atoms with van der Waals surface area (Å²) in [5.74, 6) is -0.559. The van der Waals surface area contributed by atoms with Crippen LogP contribution in [0.3, 0.4) is 0 Å². The number of aromatic carboxylic acids is 1. The monoisotopic (exact) mass is 310 g/mol. The van der Waals surface area contributed by atoms with E-state index in [1.54, 1.807) is 30.3 Å². The number of nitrogens with zero attached hydrogens (tertiary/aromatic N) is 2. The molecule has 0 aliphatic carbocycles. The number of carboxylic acids is 1. The molecule has 0 aliphatic heterocycles. The average Bonchev–Trinajstić information content (AvgIpc) is 2.56. The van der Waals surface area contributed by atoms with E-state index in [9.17, 15) is 9.18 Å². The topological polar surface area (TPSA) is 72.3 Å². The fraction of sp³-hybridized carbons (Fsp3) is 0. The Kier molecular flexibility index (Phi) is 3.97. The Balaban J connectivity index is 1.82. The zero-order valence-corrected chi connectivity index (χ0v) is 11.8. The summed E-state index contributed by atoms with van der Waals surface area (Å²) in [6.07, 6.45) is 1.35. The largest absolute Gasteiger partial charge is 0.478 e. The Morgan fingerprint density at radius 3 is 2.35 bits per heavy atom. The molecular formula is C17H11FN2O3. The molecule has 5 nitrogen and oxygen atoms in total. The number of aromatic nitrogens is 2. The molecule has 114 valence electrons. The number of carbonyl (C=O) groups is 1. The first-order valence-corrected chi connectivity index (χ1v) is 6.71. The maximum absolute atomic E-state index is 13.0. The highest BCUT2D eigenvalue weighted by Gasteiger charge is 2.06. The molecule has 3 rings (SSSR count). The minimum Gasteiger partial charge on any atom is -0.478 e. The van der Waals surface area contributed by atoms with Crippen LogP contribution in [0.4, 0.5) is 4.39 Å². The van der Waals surface area contributed by atoms with Crippen LogP contribution in [0, 0.1) is 5.82 Å². The lowest BCUT2D eigenvalue weighted by atomic mass is 10.1. The molecule has 23 heavy (non-hydrogen) atoms. The van der Waals surface area contributed by atoms with Crippen LogP contribution in [-0.4, -0.2) is 21.0 Å². The Bertz CT molecular complexity index is 833. The number of carboxylic acid groups (broad SMARTS) is 1. The first kappa shape index (κ1) is 14.6. The number of halogens is 1. The predicted octanol–water partition coefficient (Wildman–Crippen LogP) is 3.77. The molecule has 0 saturated carbocycles. The van der Waals surface area contributed by atoms with E-state index in [1.165, 1.54) is 30.6 Å². The number of hydrogen-bond donors (Lipinski definition) is 1. The van der Waals surface area contributed by atoms with Crippen molar-refractivity contribution in [3.63, 3.8) is 0 Å². The number of benzene rings is 2. The third-order valence-electron chi connectivity index (χ3n) is 3.11. The molecule has 6 heteroatoms. The van der Waals surface area contributed by atoms with Gasteiger partial charge in [0.05, 0.1) is 11.3 Å². The van der Waals surface area contributed by atoms with Gasteiger partial charge in [0.2, 0.25) is 5.88 Å². The highest BCUT2D eigenvalue weighted by molar-refractivity contribution is 5.87. The molecule has 0 saturated heterocycles. The molecule has 0 radical (unpaired) electrons. The lowest BCUT2D eigenvalue weighted by Crippen LogP contribution is -1.96. The van der Waals surface area contributed by atoms with Crippen LogP contribution in [0.5, 0.6) is 11.6 Å². The van der Waals surface area contributed by atoms with Crippen LogP contribution >= 0.6 is 0 Å². The highest BCUT2D eigenvalue weighted by Crippen LogP contribution is 2.24. The van der Waals surface area contributed by atoms with Crippen LogP contribution in [0.25, 0.3) is 11.3 Å².